The molecule has 0 bridgehead atoms. The third-order valence-corrected chi connectivity index (χ3v) is 2.54. The Balaban J connectivity index is 2.73. The first-order valence-electron chi connectivity index (χ1n) is 4.76. The van der Waals surface area contributed by atoms with Gasteiger partial charge in [0.1, 0.15) is 11.9 Å². The molecule has 4 heteroatoms. The number of halogens is 2. The van der Waals surface area contributed by atoms with Gasteiger partial charge in [-0.15, -0.1) is 0 Å². The van der Waals surface area contributed by atoms with Gasteiger partial charge in [0.05, 0.1) is 17.2 Å². The van der Waals surface area contributed by atoms with E-state index >= 15 is 0 Å². The average molecular weight is 277 g/mol. The van der Waals surface area contributed by atoms with Crippen molar-refractivity contribution in [3.05, 3.63) is 34.1 Å². The molecule has 1 unspecified atom stereocenters. The first kappa shape index (κ1) is 12.6. The third-order valence-electron chi connectivity index (χ3n) is 1.93. The molecule has 1 aromatic rings. The van der Waals surface area contributed by atoms with Crippen LogP contribution in [0, 0.1) is 5.82 Å². The fraction of sp³-hybridized carbons (Fsp3) is 0.455. The maximum atomic E-state index is 13.5. The fourth-order valence-electron chi connectivity index (χ4n) is 1.15. The van der Waals surface area contributed by atoms with Crippen LogP contribution in [0.3, 0.4) is 0 Å². The predicted octanol–water partition coefficient (Wildman–Crippen LogP) is 3.05. The van der Waals surface area contributed by atoms with Gasteiger partial charge in [-0.25, -0.2) is 4.39 Å². The zero-order valence-electron chi connectivity index (χ0n) is 8.71. The molecule has 0 radical (unpaired) electrons. The van der Waals surface area contributed by atoms with Gasteiger partial charge < -0.3 is 9.84 Å². The second-order valence-electron chi connectivity index (χ2n) is 3.54. The molecule has 1 atom stereocenters. The normalized spacial score (nSPS) is 13.2. The van der Waals surface area contributed by atoms with Crippen LogP contribution in [0.5, 0.6) is 0 Å². The van der Waals surface area contributed by atoms with E-state index in [1.165, 1.54) is 0 Å². The molecule has 1 rings (SSSR count). The topological polar surface area (TPSA) is 29.5 Å². The molecule has 1 aromatic carbocycles. The molecule has 0 saturated carbocycles. The summed E-state index contributed by atoms with van der Waals surface area (Å²) < 4.78 is 19.1. The van der Waals surface area contributed by atoms with Crippen molar-refractivity contribution in [1.82, 2.24) is 0 Å². The molecule has 84 valence electrons. The van der Waals surface area contributed by atoms with E-state index in [9.17, 15) is 9.50 Å². The Hall–Kier alpha value is -0.450. The Morgan fingerprint density at radius 2 is 2.13 bits per heavy atom. The van der Waals surface area contributed by atoms with Gasteiger partial charge in [0.2, 0.25) is 0 Å². The first-order valence-corrected chi connectivity index (χ1v) is 5.55. The first-order chi connectivity index (χ1) is 7.02. The maximum absolute atomic E-state index is 13.5. The minimum Gasteiger partial charge on any atom is -0.386 e. The van der Waals surface area contributed by atoms with Crippen LogP contribution in [-0.2, 0) is 4.74 Å². The lowest BCUT2D eigenvalue weighted by molar-refractivity contribution is 0.00355. The lowest BCUT2D eigenvalue weighted by Crippen LogP contribution is -2.13. The summed E-state index contributed by atoms with van der Waals surface area (Å²) >= 11 is 3.07. The Morgan fingerprint density at radius 1 is 1.47 bits per heavy atom. The van der Waals surface area contributed by atoms with Gasteiger partial charge in [0, 0.05) is 5.56 Å². The van der Waals surface area contributed by atoms with E-state index in [1.807, 2.05) is 13.8 Å². The number of hydrogen-bond acceptors (Lipinski definition) is 2. The van der Waals surface area contributed by atoms with Gasteiger partial charge in [0.15, 0.2) is 0 Å². The van der Waals surface area contributed by atoms with Crippen LogP contribution in [0.2, 0.25) is 0 Å². The van der Waals surface area contributed by atoms with Gasteiger partial charge in [-0.2, -0.15) is 0 Å². The molecule has 0 aliphatic rings. The molecule has 0 saturated heterocycles. The molecule has 0 fully saturated rings. The number of hydrogen-bond donors (Lipinski definition) is 1. The Bertz CT molecular complexity index is 328. The summed E-state index contributed by atoms with van der Waals surface area (Å²) in [6, 6.07) is 4.82. The number of benzene rings is 1. The largest absolute Gasteiger partial charge is 0.386 e. The SMILES string of the molecule is CC(C)OCC(O)c1cccc(Br)c1F. The number of ether oxygens (including phenoxy) is 1. The van der Waals surface area contributed by atoms with Crippen LogP contribution < -0.4 is 0 Å². The average Bonchev–Trinajstić information content (AvgIpc) is 2.18. The lowest BCUT2D eigenvalue weighted by Gasteiger charge is -2.14. The summed E-state index contributed by atoms with van der Waals surface area (Å²) in [5.74, 6) is -0.433. The summed E-state index contributed by atoms with van der Waals surface area (Å²) in [5.41, 5.74) is 0.255. The van der Waals surface area contributed by atoms with Crippen LogP contribution in [0.4, 0.5) is 4.39 Å². The van der Waals surface area contributed by atoms with Crippen LogP contribution in [0.1, 0.15) is 25.5 Å². The summed E-state index contributed by atoms with van der Waals surface area (Å²) in [5, 5.41) is 9.69. The minimum atomic E-state index is -0.926. The van der Waals surface area contributed by atoms with E-state index in [-0.39, 0.29) is 18.3 Å². The molecule has 2 nitrogen and oxygen atoms in total. The quantitative estimate of drug-likeness (QED) is 0.916. The summed E-state index contributed by atoms with van der Waals surface area (Å²) in [6.07, 6.45) is -0.903. The van der Waals surface area contributed by atoms with Crippen LogP contribution in [0.15, 0.2) is 22.7 Å². The van der Waals surface area contributed by atoms with Crippen LogP contribution in [0.25, 0.3) is 0 Å². The smallest absolute Gasteiger partial charge is 0.143 e. The molecule has 0 heterocycles. The summed E-state index contributed by atoms with van der Waals surface area (Å²) in [4.78, 5) is 0. The Kier molecular flexibility index (Phi) is 4.70. The van der Waals surface area contributed by atoms with E-state index in [1.54, 1.807) is 18.2 Å². The standard InChI is InChI=1S/C11H14BrFO2/c1-7(2)15-6-10(14)8-4-3-5-9(12)11(8)13/h3-5,7,10,14H,6H2,1-2H3. The molecule has 0 spiro atoms. The Labute approximate surface area is 97.2 Å². The number of aliphatic hydroxyl groups is 1. The number of rotatable bonds is 4. The number of aliphatic hydroxyl groups excluding tert-OH is 1. The summed E-state index contributed by atoms with van der Waals surface area (Å²) in [7, 11) is 0. The van der Waals surface area contributed by atoms with Gasteiger partial charge >= 0.3 is 0 Å². The van der Waals surface area contributed by atoms with Gasteiger partial charge in [-0.1, -0.05) is 12.1 Å². The minimum absolute atomic E-state index is 0.0230. The molecular formula is C11H14BrFO2. The zero-order chi connectivity index (χ0) is 11.4. The molecule has 1 N–H and O–H groups in total. The van der Waals surface area contributed by atoms with Gasteiger partial charge in [-0.05, 0) is 35.8 Å². The molecule has 15 heavy (non-hydrogen) atoms. The van der Waals surface area contributed by atoms with E-state index < -0.39 is 11.9 Å². The van der Waals surface area contributed by atoms with Crippen molar-refractivity contribution in [2.24, 2.45) is 0 Å². The van der Waals surface area contributed by atoms with Crippen LogP contribution in [-0.4, -0.2) is 17.8 Å². The predicted molar refractivity (Wildman–Crippen MR) is 60.1 cm³/mol. The van der Waals surface area contributed by atoms with Gasteiger partial charge in [0.25, 0.3) is 0 Å². The van der Waals surface area contributed by atoms with Crippen molar-refractivity contribution in [3.8, 4) is 0 Å². The Morgan fingerprint density at radius 3 is 2.73 bits per heavy atom. The third kappa shape index (κ3) is 3.55. The van der Waals surface area contributed by atoms with E-state index in [4.69, 9.17) is 4.74 Å². The fourth-order valence-corrected chi connectivity index (χ4v) is 1.53. The van der Waals surface area contributed by atoms with Crippen molar-refractivity contribution in [2.45, 2.75) is 26.1 Å². The highest BCUT2D eigenvalue weighted by atomic mass is 79.9. The molecule has 0 aliphatic carbocycles. The van der Waals surface area contributed by atoms with Crippen LogP contribution >= 0.6 is 15.9 Å². The van der Waals surface area contributed by atoms with Crippen molar-refractivity contribution in [3.63, 3.8) is 0 Å². The molecular weight excluding hydrogens is 263 g/mol. The maximum Gasteiger partial charge on any atom is 0.143 e. The second-order valence-corrected chi connectivity index (χ2v) is 4.40. The molecule has 0 aromatic heterocycles. The second kappa shape index (κ2) is 5.58. The highest BCUT2D eigenvalue weighted by molar-refractivity contribution is 9.10. The lowest BCUT2D eigenvalue weighted by atomic mass is 10.1. The van der Waals surface area contributed by atoms with E-state index in [2.05, 4.69) is 15.9 Å². The highest BCUT2D eigenvalue weighted by Gasteiger charge is 2.15. The molecule has 0 aliphatic heterocycles. The van der Waals surface area contributed by atoms with Gasteiger partial charge in [-0.3, -0.25) is 0 Å². The monoisotopic (exact) mass is 276 g/mol. The zero-order valence-corrected chi connectivity index (χ0v) is 10.3. The summed E-state index contributed by atoms with van der Waals surface area (Å²) in [6.45, 7) is 3.83. The van der Waals surface area contributed by atoms with Crippen molar-refractivity contribution in [2.75, 3.05) is 6.61 Å². The van der Waals surface area contributed by atoms with Crippen molar-refractivity contribution in [1.29, 1.82) is 0 Å². The van der Waals surface area contributed by atoms with Crippen molar-refractivity contribution < 1.29 is 14.2 Å². The highest BCUT2D eigenvalue weighted by Crippen LogP contribution is 2.24. The van der Waals surface area contributed by atoms with Crippen molar-refractivity contribution >= 4 is 15.9 Å². The van der Waals surface area contributed by atoms with E-state index in [0.29, 0.717) is 4.47 Å². The van der Waals surface area contributed by atoms with E-state index in [0.717, 1.165) is 0 Å². The molecule has 0 amide bonds.